The number of fused-ring (bicyclic) bond motifs is 1. The van der Waals surface area contributed by atoms with E-state index < -0.39 is 0 Å². The van der Waals surface area contributed by atoms with Crippen LogP contribution in [-0.4, -0.2) is 30.5 Å². The zero-order chi connectivity index (χ0) is 20.4. The molecule has 0 bridgehead atoms. The molecule has 2 heterocycles. The Morgan fingerprint density at radius 3 is 2.76 bits per heavy atom. The molecule has 29 heavy (non-hydrogen) atoms. The number of nitrogens with zero attached hydrogens (tertiary/aromatic N) is 1. The minimum absolute atomic E-state index is 0.191. The van der Waals surface area contributed by atoms with Crippen LogP contribution in [0.25, 0.3) is 27.7 Å². The Kier molecular flexibility index (Phi) is 5.45. The van der Waals surface area contributed by atoms with Gasteiger partial charge in [-0.3, -0.25) is 9.79 Å². The molecule has 0 atom stereocenters. The van der Waals surface area contributed by atoms with Crippen LogP contribution in [0.4, 0.5) is 0 Å². The molecule has 0 radical (unpaired) electrons. The molecule has 1 aliphatic heterocycles. The lowest BCUT2D eigenvalue weighted by molar-refractivity contribution is -0.115. The fourth-order valence-corrected chi connectivity index (χ4v) is 4.05. The van der Waals surface area contributed by atoms with E-state index in [1.165, 1.54) is 5.56 Å². The summed E-state index contributed by atoms with van der Waals surface area (Å²) in [6.45, 7) is 4.71. The van der Waals surface area contributed by atoms with Gasteiger partial charge in [-0.05, 0) is 31.1 Å². The van der Waals surface area contributed by atoms with E-state index in [-0.39, 0.29) is 5.91 Å². The molecule has 1 aromatic heterocycles. The summed E-state index contributed by atoms with van der Waals surface area (Å²) in [6.07, 6.45) is 3.34. The lowest BCUT2D eigenvalue weighted by atomic mass is 9.99. The maximum atomic E-state index is 12.4. The van der Waals surface area contributed by atoms with Gasteiger partial charge in [-0.2, -0.15) is 0 Å². The minimum atomic E-state index is -0.191. The molecule has 0 saturated heterocycles. The van der Waals surface area contributed by atoms with Gasteiger partial charge >= 0.3 is 0 Å². The number of aliphatic imine (C=N–C) groups is 1. The van der Waals surface area contributed by atoms with E-state index in [0.717, 1.165) is 45.5 Å². The summed E-state index contributed by atoms with van der Waals surface area (Å²) in [5.41, 5.74) is 5.71. The van der Waals surface area contributed by atoms with E-state index in [1.807, 2.05) is 19.1 Å². The van der Waals surface area contributed by atoms with E-state index in [1.54, 1.807) is 31.2 Å². The molecule has 0 aliphatic carbocycles. The smallest absolute Gasteiger partial charge is 0.250 e. The summed E-state index contributed by atoms with van der Waals surface area (Å²) in [6, 6.07) is 12.2. The number of thioether (sulfide) groups is 1. The van der Waals surface area contributed by atoms with Gasteiger partial charge in [0, 0.05) is 34.4 Å². The highest BCUT2D eigenvalue weighted by Gasteiger charge is 2.16. The number of ether oxygens (including phenoxy) is 1. The van der Waals surface area contributed by atoms with Crippen molar-refractivity contribution >= 4 is 39.4 Å². The average molecular weight is 407 g/mol. The largest absolute Gasteiger partial charge is 0.496 e. The number of allylic oxidation sites excluding steroid dienone is 1. The summed E-state index contributed by atoms with van der Waals surface area (Å²) in [5.74, 6) is 1.38. The predicted octanol–water partition coefficient (Wildman–Crippen LogP) is 5.04. The Bertz CT molecular complexity index is 1130. The molecule has 0 saturated carbocycles. The Morgan fingerprint density at radius 1 is 1.28 bits per heavy atom. The highest BCUT2D eigenvalue weighted by atomic mass is 32.2. The fraction of sp³-hybridized carbons (Fsp3) is 0.217. The summed E-state index contributed by atoms with van der Waals surface area (Å²) in [5, 5.41) is 4.49. The molecule has 3 aromatic rings. The van der Waals surface area contributed by atoms with Crippen LogP contribution in [0.3, 0.4) is 0 Å². The number of hydrogen-bond acceptors (Lipinski definition) is 5. The second-order valence-electron chi connectivity index (χ2n) is 6.92. The standard InChI is InChI=1S/C23H22N2O3S/c1-14-4-6-16(7-5-14)19-13-28-21-12-20(27-3)17(11-18(19)21)15(2)10-22(26)25-23-24-8-9-29-23/h4-7,10-13H,8-9H2,1-3H3,(H,24,25,26)/b15-10+. The van der Waals surface area contributed by atoms with Crippen LogP contribution in [0.15, 0.2) is 58.1 Å². The van der Waals surface area contributed by atoms with Gasteiger partial charge in [-0.1, -0.05) is 41.6 Å². The molecular formula is C23H22N2O3S. The first-order valence-corrected chi connectivity index (χ1v) is 10.4. The van der Waals surface area contributed by atoms with Gasteiger partial charge in [0.25, 0.3) is 0 Å². The number of methoxy groups -OCH3 is 1. The van der Waals surface area contributed by atoms with Crippen LogP contribution >= 0.6 is 11.8 Å². The third kappa shape index (κ3) is 4.07. The van der Waals surface area contributed by atoms with Crippen LogP contribution < -0.4 is 10.1 Å². The number of nitrogens with one attached hydrogen (secondary N) is 1. The van der Waals surface area contributed by atoms with Crippen molar-refractivity contribution in [3.8, 4) is 16.9 Å². The molecule has 148 valence electrons. The quantitative estimate of drug-likeness (QED) is 0.617. The monoisotopic (exact) mass is 406 g/mol. The zero-order valence-corrected chi connectivity index (χ0v) is 17.4. The first-order chi connectivity index (χ1) is 14.0. The van der Waals surface area contributed by atoms with Gasteiger partial charge in [-0.15, -0.1) is 0 Å². The van der Waals surface area contributed by atoms with E-state index in [2.05, 4.69) is 41.5 Å². The molecule has 1 N–H and O–H groups in total. The molecule has 1 aliphatic rings. The molecule has 6 heteroatoms. The van der Waals surface area contributed by atoms with E-state index in [0.29, 0.717) is 10.9 Å². The maximum Gasteiger partial charge on any atom is 0.250 e. The van der Waals surface area contributed by atoms with Crippen molar-refractivity contribution in [1.29, 1.82) is 0 Å². The van der Waals surface area contributed by atoms with Crippen LogP contribution in [0.1, 0.15) is 18.1 Å². The Morgan fingerprint density at radius 2 is 2.07 bits per heavy atom. The van der Waals surface area contributed by atoms with Gasteiger partial charge in [0.2, 0.25) is 5.91 Å². The van der Waals surface area contributed by atoms with Gasteiger partial charge in [0.15, 0.2) is 5.17 Å². The molecular weight excluding hydrogens is 384 g/mol. The van der Waals surface area contributed by atoms with Crippen LogP contribution in [0, 0.1) is 6.92 Å². The number of furan rings is 1. The Hall–Kier alpha value is -2.99. The fourth-order valence-electron chi connectivity index (χ4n) is 3.32. The van der Waals surface area contributed by atoms with Gasteiger partial charge in [0.05, 0.1) is 19.9 Å². The number of benzene rings is 2. The van der Waals surface area contributed by atoms with Crippen molar-refractivity contribution in [2.45, 2.75) is 13.8 Å². The van der Waals surface area contributed by atoms with E-state index in [4.69, 9.17) is 9.15 Å². The summed E-state index contributed by atoms with van der Waals surface area (Å²) in [4.78, 5) is 16.6. The Labute approximate surface area is 173 Å². The molecule has 5 nitrogen and oxygen atoms in total. The average Bonchev–Trinajstić information content (AvgIpc) is 3.36. The number of carbonyl (C=O) groups excluding carboxylic acids is 1. The normalized spacial score (nSPS) is 14.2. The summed E-state index contributed by atoms with van der Waals surface area (Å²) in [7, 11) is 1.62. The number of hydrogen-bond donors (Lipinski definition) is 1. The predicted molar refractivity (Wildman–Crippen MR) is 119 cm³/mol. The van der Waals surface area contributed by atoms with Gasteiger partial charge in [-0.25, -0.2) is 0 Å². The summed E-state index contributed by atoms with van der Waals surface area (Å²) < 4.78 is 11.3. The molecule has 0 fully saturated rings. The van der Waals surface area contributed by atoms with Crippen molar-refractivity contribution in [3.63, 3.8) is 0 Å². The lowest BCUT2D eigenvalue weighted by Crippen LogP contribution is -2.25. The lowest BCUT2D eigenvalue weighted by Gasteiger charge is -2.10. The maximum absolute atomic E-state index is 12.4. The van der Waals surface area contributed by atoms with E-state index in [9.17, 15) is 4.79 Å². The van der Waals surface area contributed by atoms with Crippen molar-refractivity contribution in [2.24, 2.45) is 4.99 Å². The highest BCUT2D eigenvalue weighted by molar-refractivity contribution is 8.14. The number of rotatable bonds is 4. The van der Waals surface area contributed by atoms with Crippen molar-refractivity contribution in [3.05, 3.63) is 59.9 Å². The van der Waals surface area contributed by atoms with Crippen LogP contribution in [0.2, 0.25) is 0 Å². The highest BCUT2D eigenvalue weighted by Crippen LogP contribution is 2.37. The Balaban J connectivity index is 1.72. The van der Waals surface area contributed by atoms with Gasteiger partial charge in [0.1, 0.15) is 11.3 Å². The van der Waals surface area contributed by atoms with Gasteiger partial charge < -0.3 is 14.5 Å². The van der Waals surface area contributed by atoms with E-state index >= 15 is 0 Å². The van der Waals surface area contributed by atoms with Crippen molar-refractivity contribution in [2.75, 3.05) is 19.4 Å². The molecule has 4 rings (SSSR count). The number of amidine groups is 1. The van der Waals surface area contributed by atoms with Crippen molar-refractivity contribution < 1.29 is 13.9 Å². The third-order valence-electron chi connectivity index (χ3n) is 4.85. The van der Waals surface area contributed by atoms with Crippen LogP contribution in [-0.2, 0) is 4.79 Å². The first kappa shape index (κ1) is 19.3. The SMILES string of the molecule is COc1cc2occ(-c3ccc(C)cc3)c2cc1/C(C)=C/C(=O)NC1=NCCS1. The topological polar surface area (TPSA) is 63.8 Å². The zero-order valence-electron chi connectivity index (χ0n) is 16.6. The minimum Gasteiger partial charge on any atom is -0.496 e. The van der Waals surface area contributed by atoms with Crippen LogP contribution in [0.5, 0.6) is 5.75 Å². The third-order valence-corrected chi connectivity index (χ3v) is 5.74. The number of aryl methyl sites for hydroxylation is 1. The number of amides is 1. The number of carbonyl (C=O) groups is 1. The second kappa shape index (κ2) is 8.17. The molecule has 1 amide bonds. The molecule has 0 unspecified atom stereocenters. The second-order valence-corrected chi connectivity index (χ2v) is 8.00. The summed E-state index contributed by atoms with van der Waals surface area (Å²) >= 11 is 1.56. The first-order valence-electron chi connectivity index (χ1n) is 9.38. The van der Waals surface area contributed by atoms with Crippen molar-refractivity contribution in [1.82, 2.24) is 5.32 Å². The molecule has 0 spiro atoms. The molecule has 2 aromatic carbocycles.